The van der Waals surface area contributed by atoms with Crippen molar-refractivity contribution in [3.63, 3.8) is 0 Å². The Kier molecular flexibility index (Phi) is 5.91. The minimum absolute atomic E-state index is 0.0198. The molecule has 7 N–H and O–H groups in total. The molecule has 1 aliphatic rings. The Bertz CT molecular complexity index is 1180. The number of nitrogens with two attached hydrogens (primary N) is 2. The van der Waals surface area contributed by atoms with Gasteiger partial charge < -0.3 is 31.8 Å². The fraction of sp³-hybridized carbons (Fsp3) is 0.333. The van der Waals surface area contributed by atoms with Crippen LogP contribution in [0.5, 0.6) is 0 Å². The summed E-state index contributed by atoms with van der Waals surface area (Å²) in [5, 5.41) is 15.8. The van der Waals surface area contributed by atoms with E-state index >= 15 is 0 Å². The molecule has 0 radical (unpaired) electrons. The van der Waals surface area contributed by atoms with Crippen molar-refractivity contribution in [2.24, 2.45) is 11.5 Å². The quantitative estimate of drug-likeness (QED) is 0.373. The number of hydrogen-bond donors (Lipinski definition) is 5. The molecule has 10 nitrogen and oxygen atoms in total. The number of aromatic nitrogens is 3. The van der Waals surface area contributed by atoms with E-state index in [1.54, 1.807) is 18.3 Å². The molecular formula is C21H24FN7O3. The smallest absolute Gasteiger partial charge is 0.323 e. The van der Waals surface area contributed by atoms with Gasteiger partial charge in [-0.2, -0.15) is 0 Å². The van der Waals surface area contributed by atoms with Crippen LogP contribution in [0.15, 0.2) is 30.6 Å². The number of rotatable bonds is 7. The first kappa shape index (κ1) is 21.5. The Morgan fingerprint density at radius 3 is 2.75 bits per heavy atom. The summed E-state index contributed by atoms with van der Waals surface area (Å²) >= 11 is 0. The highest BCUT2D eigenvalue weighted by atomic mass is 19.1. The molecule has 4 rings (SSSR count). The van der Waals surface area contributed by atoms with Gasteiger partial charge in [-0.05, 0) is 31.0 Å². The van der Waals surface area contributed by atoms with Crippen LogP contribution in [0.25, 0.3) is 11.0 Å². The molecule has 0 saturated heterocycles. The van der Waals surface area contributed by atoms with E-state index in [9.17, 15) is 14.0 Å². The predicted molar refractivity (Wildman–Crippen MR) is 117 cm³/mol. The van der Waals surface area contributed by atoms with Crippen molar-refractivity contribution in [2.45, 2.75) is 44.3 Å². The molecule has 1 amide bonds. The van der Waals surface area contributed by atoms with Crippen molar-refractivity contribution in [3.8, 4) is 0 Å². The summed E-state index contributed by atoms with van der Waals surface area (Å²) in [6, 6.07) is 4.14. The molecule has 1 fully saturated rings. The maximum atomic E-state index is 14.7. The van der Waals surface area contributed by atoms with Gasteiger partial charge in [-0.3, -0.25) is 9.59 Å². The van der Waals surface area contributed by atoms with Crippen LogP contribution in [-0.2, 0) is 11.3 Å². The number of aliphatic carboxylic acids is 1. The fourth-order valence-electron chi connectivity index (χ4n) is 3.99. The highest BCUT2D eigenvalue weighted by molar-refractivity contribution is 6.00. The van der Waals surface area contributed by atoms with Gasteiger partial charge in [-0.15, -0.1) is 0 Å². The molecule has 3 heterocycles. The molecule has 2 atom stereocenters. The van der Waals surface area contributed by atoms with Crippen LogP contribution < -0.4 is 22.1 Å². The number of primary amides is 1. The number of carbonyl (C=O) groups is 2. The van der Waals surface area contributed by atoms with E-state index in [4.69, 9.17) is 16.6 Å². The van der Waals surface area contributed by atoms with Gasteiger partial charge in [0.2, 0.25) is 0 Å². The van der Waals surface area contributed by atoms with Gasteiger partial charge in [0, 0.05) is 29.9 Å². The highest BCUT2D eigenvalue weighted by Gasteiger charge is 2.24. The number of carboxylic acids is 1. The average Bonchev–Trinajstić information content (AvgIpc) is 3.15. The minimum atomic E-state index is -1.00. The fourth-order valence-corrected chi connectivity index (χ4v) is 3.99. The second-order valence-corrected chi connectivity index (χ2v) is 7.84. The lowest BCUT2D eigenvalue weighted by molar-refractivity contribution is -0.137. The molecule has 11 heteroatoms. The molecule has 32 heavy (non-hydrogen) atoms. The van der Waals surface area contributed by atoms with Crippen LogP contribution in [0.1, 0.15) is 36.0 Å². The number of nitrogens with one attached hydrogen (secondary N) is 2. The van der Waals surface area contributed by atoms with E-state index in [1.165, 1.54) is 10.8 Å². The van der Waals surface area contributed by atoms with Crippen LogP contribution in [0, 0.1) is 5.82 Å². The molecule has 1 saturated carbocycles. The molecule has 2 unspecified atom stereocenters. The summed E-state index contributed by atoms with van der Waals surface area (Å²) < 4.78 is 16.2. The van der Waals surface area contributed by atoms with Crippen LogP contribution in [0.4, 0.5) is 21.7 Å². The summed E-state index contributed by atoms with van der Waals surface area (Å²) in [6.45, 7) is -0.253. The molecule has 0 aromatic carbocycles. The Balaban J connectivity index is 1.70. The maximum absolute atomic E-state index is 14.7. The number of anilines is 3. The lowest BCUT2D eigenvalue weighted by Crippen LogP contribution is -2.43. The van der Waals surface area contributed by atoms with E-state index in [-0.39, 0.29) is 35.8 Å². The predicted octanol–water partition coefficient (Wildman–Crippen LogP) is 2.18. The summed E-state index contributed by atoms with van der Waals surface area (Å²) in [5.74, 6) is -2.49. The van der Waals surface area contributed by atoms with E-state index < -0.39 is 17.7 Å². The van der Waals surface area contributed by atoms with Crippen molar-refractivity contribution < 1.29 is 19.1 Å². The molecule has 168 valence electrons. The first-order valence-corrected chi connectivity index (χ1v) is 10.3. The zero-order valence-corrected chi connectivity index (χ0v) is 17.2. The van der Waals surface area contributed by atoms with Crippen molar-refractivity contribution in [3.05, 3.63) is 42.0 Å². The zero-order valence-electron chi connectivity index (χ0n) is 17.2. The number of halogens is 1. The van der Waals surface area contributed by atoms with E-state index in [1.807, 2.05) is 0 Å². The maximum Gasteiger partial charge on any atom is 0.323 e. The Morgan fingerprint density at radius 1 is 1.25 bits per heavy atom. The van der Waals surface area contributed by atoms with Gasteiger partial charge in [-0.1, -0.05) is 12.8 Å². The van der Waals surface area contributed by atoms with Gasteiger partial charge in [0.25, 0.3) is 5.91 Å². The van der Waals surface area contributed by atoms with Gasteiger partial charge in [0.05, 0.1) is 11.3 Å². The van der Waals surface area contributed by atoms with Crippen LogP contribution >= 0.6 is 0 Å². The average molecular weight is 441 g/mol. The van der Waals surface area contributed by atoms with Crippen molar-refractivity contribution in [2.75, 3.05) is 10.6 Å². The monoisotopic (exact) mass is 441 g/mol. The lowest BCUT2D eigenvalue weighted by Gasteiger charge is -2.30. The number of amides is 1. The topological polar surface area (TPSA) is 161 Å². The summed E-state index contributed by atoms with van der Waals surface area (Å²) in [4.78, 5) is 31.6. The second kappa shape index (κ2) is 8.79. The third-order valence-corrected chi connectivity index (χ3v) is 5.60. The number of carbonyl (C=O) groups excluding carboxylic acids is 1. The number of nitrogens with zero attached hydrogens (tertiary/aromatic N) is 3. The third-order valence-electron chi connectivity index (χ3n) is 5.60. The number of hydrogen-bond acceptors (Lipinski definition) is 7. The van der Waals surface area contributed by atoms with Crippen molar-refractivity contribution in [1.82, 2.24) is 14.5 Å². The summed E-state index contributed by atoms with van der Waals surface area (Å²) in [6.07, 6.45) is 6.75. The van der Waals surface area contributed by atoms with Crippen LogP contribution in [0.3, 0.4) is 0 Å². The van der Waals surface area contributed by atoms with Crippen LogP contribution in [-0.4, -0.2) is 43.6 Å². The molecule has 0 aliphatic heterocycles. The Labute approximate surface area is 182 Å². The molecule has 1 aliphatic carbocycles. The molecular weight excluding hydrogens is 417 g/mol. The molecule has 3 aromatic rings. The molecule has 0 bridgehead atoms. The van der Waals surface area contributed by atoms with Gasteiger partial charge in [0.1, 0.15) is 18.0 Å². The Hall–Kier alpha value is -3.73. The second-order valence-electron chi connectivity index (χ2n) is 7.84. The Morgan fingerprint density at radius 2 is 2.03 bits per heavy atom. The summed E-state index contributed by atoms with van der Waals surface area (Å²) in [7, 11) is 0. The molecule has 3 aromatic heterocycles. The van der Waals surface area contributed by atoms with Gasteiger partial charge in [0.15, 0.2) is 11.6 Å². The SMILES string of the molecule is NC(=O)c1cc(F)c(NC2CCCCC2N)nc1Nc1ccnc2c1ccn2CC(=O)O. The van der Waals surface area contributed by atoms with E-state index in [0.29, 0.717) is 16.7 Å². The highest BCUT2D eigenvalue weighted by Crippen LogP contribution is 2.29. The van der Waals surface area contributed by atoms with Crippen molar-refractivity contribution in [1.29, 1.82) is 0 Å². The number of fused-ring (bicyclic) bond motifs is 1. The third kappa shape index (κ3) is 4.33. The van der Waals surface area contributed by atoms with Gasteiger partial charge >= 0.3 is 5.97 Å². The van der Waals surface area contributed by atoms with Crippen LogP contribution in [0.2, 0.25) is 0 Å². The molecule has 0 spiro atoms. The first-order chi connectivity index (χ1) is 15.3. The number of pyridine rings is 2. The normalized spacial score (nSPS) is 18.4. The van der Waals surface area contributed by atoms with E-state index in [0.717, 1.165) is 31.7 Å². The lowest BCUT2D eigenvalue weighted by atomic mass is 9.91. The standard InChI is InChI=1S/C21H24FN7O3/c22-13-9-12(18(24)32)19(28-20(13)27-16-4-2-1-3-14(16)23)26-15-5-7-25-21-11(15)6-8-29(21)10-17(30)31/h5-9,14,16H,1-4,10,23H2,(H2,24,32)(H,30,31)(H2,25,26,27,28). The van der Waals surface area contributed by atoms with Crippen molar-refractivity contribution >= 4 is 40.2 Å². The van der Waals surface area contributed by atoms with Gasteiger partial charge in [-0.25, -0.2) is 14.4 Å². The first-order valence-electron chi connectivity index (χ1n) is 10.3. The van der Waals surface area contributed by atoms with E-state index in [2.05, 4.69) is 20.6 Å². The number of carboxylic acid groups (broad SMARTS) is 1. The minimum Gasteiger partial charge on any atom is -0.480 e. The summed E-state index contributed by atoms with van der Waals surface area (Å²) in [5.41, 5.74) is 12.5. The zero-order chi connectivity index (χ0) is 22.8. The largest absolute Gasteiger partial charge is 0.480 e.